The van der Waals surface area contributed by atoms with Crippen molar-refractivity contribution in [3.8, 4) is 5.75 Å². The van der Waals surface area contributed by atoms with Crippen molar-refractivity contribution in [1.29, 1.82) is 0 Å². The Morgan fingerprint density at radius 3 is 2.63 bits per heavy atom. The number of carbonyl (C=O) groups is 2. The summed E-state index contributed by atoms with van der Waals surface area (Å²) in [5.41, 5.74) is 10.6. The van der Waals surface area contributed by atoms with Gasteiger partial charge in [0.05, 0.1) is 0 Å². The number of nitrogens with zero attached hydrogens (tertiary/aromatic N) is 4. The van der Waals surface area contributed by atoms with Crippen molar-refractivity contribution in [1.82, 2.24) is 25.0 Å². The van der Waals surface area contributed by atoms with Crippen LogP contribution in [0.4, 0.5) is 4.79 Å². The topological polar surface area (TPSA) is 144 Å². The number of fused-ring (bicyclic) bond motifs is 1. The number of nitrogens with two attached hydrogens (primary N) is 1. The van der Waals surface area contributed by atoms with Gasteiger partial charge < -0.3 is 25.0 Å². The van der Waals surface area contributed by atoms with Gasteiger partial charge in [-0.2, -0.15) is 5.10 Å². The molecule has 220 valence electrons. The number of likely N-dealkylation sites (tertiary alicyclic amines) is 1. The molecule has 0 unspecified atom stereocenters. The summed E-state index contributed by atoms with van der Waals surface area (Å²) in [4.78, 5) is 42.1. The smallest absolute Gasteiger partial charge is 0.409 e. The second kappa shape index (κ2) is 14.2. The predicted octanol–water partition coefficient (Wildman–Crippen LogP) is 3.27. The van der Waals surface area contributed by atoms with Gasteiger partial charge in [0.15, 0.2) is 0 Å². The molecule has 0 bridgehead atoms. The molecule has 1 aliphatic carbocycles. The maximum absolute atomic E-state index is 11.8. The van der Waals surface area contributed by atoms with Crippen molar-refractivity contribution in [2.24, 2.45) is 5.73 Å². The van der Waals surface area contributed by atoms with Crippen molar-refractivity contribution in [3.05, 3.63) is 73.1 Å². The van der Waals surface area contributed by atoms with Crippen molar-refractivity contribution >= 4 is 23.3 Å². The minimum absolute atomic E-state index is 0.144. The van der Waals surface area contributed by atoms with Crippen LogP contribution >= 0.6 is 11.3 Å². The van der Waals surface area contributed by atoms with Crippen LogP contribution in [0.5, 0.6) is 5.75 Å². The summed E-state index contributed by atoms with van der Waals surface area (Å²) in [5.74, 6) is 0.458. The molecule has 0 spiro atoms. The zero-order valence-corrected chi connectivity index (χ0v) is 24.7. The number of carbonyl (C=O) groups excluding carboxylic acids is 2. The highest BCUT2D eigenvalue weighted by atomic mass is 32.1. The number of primary amides is 1. The predicted molar refractivity (Wildman–Crippen MR) is 156 cm³/mol. The highest BCUT2D eigenvalue weighted by Gasteiger charge is 2.30. The summed E-state index contributed by atoms with van der Waals surface area (Å²) >= 11 is 1.11. The summed E-state index contributed by atoms with van der Waals surface area (Å²) < 4.78 is 11.1. The fourth-order valence-corrected chi connectivity index (χ4v) is 5.63. The summed E-state index contributed by atoms with van der Waals surface area (Å²) in [7, 11) is 3.86. The molecular weight excluding hydrogens is 544 g/mol. The van der Waals surface area contributed by atoms with Crippen molar-refractivity contribution < 1.29 is 19.1 Å². The van der Waals surface area contributed by atoms with Crippen LogP contribution in [-0.4, -0.2) is 77.3 Å². The van der Waals surface area contributed by atoms with Gasteiger partial charge in [-0.25, -0.2) is 9.89 Å². The number of aromatic nitrogens is 3. The molecule has 1 aromatic carbocycles. The van der Waals surface area contributed by atoms with Crippen LogP contribution in [0.15, 0.2) is 35.1 Å². The first kappa shape index (κ1) is 30.2. The lowest BCUT2D eigenvalue weighted by Gasteiger charge is -2.19. The lowest BCUT2D eigenvalue weighted by Crippen LogP contribution is -2.31. The molecule has 2 amide bonds. The Labute approximate surface area is 243 Å². The third-order valence-corrected chi connectivity index (χ3v) is 7.98. The molecule has 1 atom stereocenters. The molecule has 3 aromatic rings. The van der Waals surface area contributed by atoms with E-state index < -0.39 is 5.91 Å². The highest BCUT2D eigenvalue weighted by Crippen LogP contribution is 2.27. The molecule has 3 N–H and O–H groups in total. The second-order valence-electron chi connectivity index (χ2n) is 10.5. The number of benzene rings is 1. The number of pyridine rings is 1. The second-order valence-corrected chi connectivity index (χ2v) is 11.5. The molecular formula is C29H38N6O5S. The normalized spacial score (nSPS) is 16.1. The molecule has 3 heterocycles. The Balaban J connectivity index is 0.000000191. The molecule has 11 nitrogen and oxygen atoms in total. The lowest BCUT2D eigenvalue weighted by molar-refractivity contribution is 0.0998. The van der Waals surface area contributed by atoms with Gasteiger partial charge in [0, 0.05) is 42.5 Å². The van der Waals surface area contributed by atoms with Gasteiger partial charge in [-0.15, -0.1) is 0 Å². The van der Waals surface area contributed by atoms with E-state index in [1.54, 1.807) is 29.2 Å². The van der Waals surface area contributed by atoms with Crippen LogP contribution in [0.2, 0.25) is 0 Å². The summed E-state index contributed by atoms with van der Waals surface area (Å²) in [6.45, 7) is 4.88. The standard InChI is InChI=1S/C18H20N2O2.C11H18N4O3S/c1-12-10-14(16-4-2-3-5-17(16)20-12)11-22-15-8-6-13(7-9-15)18(19)21;1-14(2)5-6-18-11(17)15-4-3-8(7-15)9-12-13-10(16)19-9/h6-10H,2-5,11H2,1H3,(H2,19,21);8H,3-7H2,1-2H3,(H,13,16)/t;8-/m.1/s1. The Hall–Kier alpha value is -3.77. The SMILES string of the molecule is CN(C)CCOC(=O)N1CC[C@@H](c2n[nH]c(=O)s2)C1.Cc1cc(COc2ccc(C(N)=O)cc2)c2c(n1)CCCC2. The van der Waals surface area contributed by atoms with Gasteiger partial charge in [-0.05, 0) is 94.6 Å². The fraction of sp³-hybridized carbons (Fsp3) is 0.483. The number of hydrogen-bond donors (Lipinski definition) is 2. The average molecular weight is 583 g/mol. The van der Waals surface area contributed by atoms with E-state index in [2.05, 4.69) is 21.2 Å². The molecule has 1 aliphatic heterocycles. The quantitative estimate of drug-likeness (QED) is 0.412. The molecule has 0 radical (unpaired) electrons. The van der Waals surface area contributed by atoms with Crippen LogP contribution in [-0.2, 0) is 24.2 Å². The molecule has 12 heteroatoms. The average Bonchev–Trinajstić information content (AvgIpc) is 3.61. The first-order valence-electron chi connectivity index (χ1n) is 13.8. The third-order valence-electron chi connectivity index (χ3n) is 7.07. The molecule has 1 saturated heterocycles. The van der Waals surface area contributed by atoms with Crippen LogP contribution in [0.25, 0.3) is 0 Å². The van der Waals surface area contributed by atoms with Crippen LogP contribution in [0, 0.1) is 6.92 Å². The fourth-order valence-electron chi connectivity index (χ4n) is 4.90. The van der Waals surface area contributed by atoms with Gasteiger partial charge in [-0.1, -0.05) is 11.3 Å². The van der Waals surface area contributed by atoms with Crippen LogP contribution < -0.4 is 15.3 Å². The van der Waals surface area contributed by atoms with E-state index in [1.807, 2.05) is 25.9 Å². The van der Waals surface area contributed by atoms with Crippen molar-refractivity contribution in [2.75, 3.05) is 40.3 Å². The number of aryl methyl sites for hydroxylation is 2. The van der Waals surface area contributed by atoms with Crippen LogP contribution in [0.3, 0.4) is 0 Å². The van der Waals surface area contributed by atoms with Gasteiger partial charge in [0.2, 0.25) is 5.91 Å². The van der Waals surface area contributed by atoms with E-state index in [0.717, 1.165) is 47.1 Å². The number of likely N-dealkylation sites (N-methyl/N-ethyl adjacent to an activating group) is 1. The van der Waals surface area contributed by atoms with Gasteiger partial charge in [0.25, 0.3) is 0 Å². The lowest BCUT2D eigenvalue weighted by atomic mass is 9.92. The van der Waals surface area contributed by atoms with E-state index in [1.165, 1.54) is 29.7 Å². The first-order chi connectivity index (χ1) is 19.7. The first-order valence-corrected chi connectivity index (χ1v) is 14.6. The molecule has 2 aromatic heterocycles. The molecule has 1 fully saturated rings. The molecule has 0 saturated carbocycles. The highest BCUT2D eigenvalue weighted by molar-refractivity contribution is 7.08. The summed E-state index contributed by atoms with van der Waals surface area (Å²) in [5, 5.41) is 7.15. The number of rotatable bonds is 8. The molecule has 5 rings (SSSR count). The third kappa shape index (κ3) is 8.61. The van der Waals surface area contributed by atoms with Crippen molar-refractivity contribution in [2.45, 2.75) is 51.6 Å². The van der Waals surface area contributed by atoms with E-state index in [0.29, 0.717) is 38.4 Å². The number of H-pyrrole nitrogens is 1. The molecule has 41 heavy (non-hydrogen) atoms. The Kier molecular flexibility index (Phi) is 10.5. The summed E-state index contributed by atoms with van der Waals surface area (Å²) in [6, 6.07) is 9.04. The maximum Gasteiger partial charge on any atom is 0.409 e. The van der Waals surface area contributed by atoms with E-state index >= 15 is 0 Å². The number of aromatic amines is 1. The van der Waals surface area contributed by atoms with Gasteiger partial charge in [-0.3, -0.25) is 14.6 Å². The van der Waals surface area contributed by atoms with Crippen molar-refractivity contribution in [3.63, 3.8) is 0 Å². The zero-order valence-electron chi connectivity index (χ0n) is 23.9. The number of amides is 2. The Morgan fingerprint density at radius 2 is 1.95 bits per heavy atom. The summed E-state index contributed by atoms with van der Waals surface area (Å²) in [6.07, 6.45) is 5.13. The van der Waals surface area contributed by atoms with Gasteiger partial charge in [0.1, 0.15) is 24.0 Å². The number of ether oxygens (including phenoxy) is 2. The minimum Gasteiger partial charge on any atom is -0.489 e. The zero-order chi connectivity index (χ0) is 29.4. The monoisotopic (exact) mass is 582 g/mol. The Morgan fingerprint density at radius 1 is 1.20 bits per heavy atom. The van der Waals surface area contributed by atoms with E-state index in [4.69, 9.17) is 15.2 Å². The van der Waals surface area contributed by atoms with E-state index in [-0.39, 0.29) is 16.9 Å². The Bertz CT molecular complexity index is 1390. The maximum atomic E-state index is 11.8. The number of hydrogen-bond acceptors (Lipinski definition) is 9. The number of nitrogens with one attached hydrogen (secondary N) is 1. The van der Waals surface area contributed by atoms with E-state index in [9.17, 15) is 14.4 Å². The minimum atomic E-state index is -0.426. The van der Waals surface area contributed by atoms with Crippen LogP contribution in [0.1, 0.15) is 63.1 Å². The van der Waals surface area contributed by atoms with Gasteiger partial charge >= 0.3 is 11.0 Å². The largest absolute Gasteiger partial charge is 0.489 e. The molecule has 2 aliphatic rings.